The van der Waals surface area contributed by atoms with E-state index >= 15 is 0 Å². The van der Waals surface area contributed by atoms with Gasteiger partial charge in [0.15, 0.2) is 0 Å². The monoisotopic (exact) mass is 304 g/mol. The van der Waals surface area contributed by atoms with E-state index in [0.29, 0.717) is 6.54 Å². The van der Waals surface area contributed by atoms with Gasteiger partial charge >= 0.3 is 6.09 Å². The number of carbonyl (C=O) groups excluding carboxylic acids is 1. The number of hydrogen-bond donors (Lipinski definition) is 1. The van der Waals surface area contributed by atoms with Crippen LogP contribution < -0.4 is 5.32 Å². The van der Waals surface area contributed by atoms with Crippen molar-refractivity contribution < 1.29 is 9.63 Å². The molecule has 0 aliphatic carbocycles. The van der Waals surface area contributed by atoms with Gasteiger partial charge in [-0.15, -0.1) is 0 Å². The molecule has 1 rings (SSSR count). The van der Waals surface area contributed by atoms with Crippen LogP contribution in [-0.2, 0) is 11.4 Å². The zero-order chi connectivity index (χ0) is 16.0. The first-order valence-corrected chi connectivity index (χ1v) is 8.24. The van der Waals surface area contributed by atoms with E-state index in [1.807, 2.05) is 37.3 Å². The molecule has 4 heteroatoms. The molecule has 0 atom stereocenters. The van der Waals surface area contributed by atoms with E-state index in [2.05, 4.69) is 17.4 Å². The van der Waals surface area contributed by atoms with Crippen LogP contribution in [0.3, 0.4) is 0 Å². The average molecular weight is 304 g/mol. The topological polar surface area (TPSA) is 50.7 Å². The van der Waals surface area contributed by atoms with Crippen LogP contribution in [-0.4, -0.2) is 11.8 Å². The Morgan fingerprint density at radius 1 is 1.09 bits per heavy atom. The Balaban J connectivity index is 2.10. The van der Waals surface area contributed by atoms with Crippen LogP contribution in [0.4, 0.5) is 4.79 Å². The Morgan fingerprint density at radius 3 is 2.50 bits per heavy atom. The lowest BCUT2D eigenvalue weighted by Crippen LogP contribution is -2.22. The first kappa shape index (κ1) is 18.2. The summed E-state index contributed by atoms with van der Waals surface area (Å²) in [5.41, 5.74) is 1.90. The highest BCUT2D eigenvalue weighted by Gasteiger charge is 2.02. The minimum atomic E-state index is -0.508. The summed E-state index contributed by atoms with van der Waals surface area (Å²) in [4.78, 5) is 16.4. The number of unbranched alkanes of at least 4 members (excludes halogenated alkanes) is 5. The molecule has 1 amide bonds. The van der Waals surface area contributed by atoms with Gasteiger partial charge in [0, 0.05) is 6.54 Å². The van der Waals surface area contributed by atoms with Gasteiger partial charge in [-0.2, -0.15) is 0 Å². The number of carbonyl (C=O) groups is 1. The molecule has 122 valence electrons. The quantitative estimate of drug-likeness (QED) is 0.285. The van der Waals surface area contributed by atoms with Gasteiger partial charge in [0.25, 0.3) is 0 Å². The minimum absolute atomic E-state index is 0.450. The van der Waals surface area contributed by atoms with E-state index in [0.717, 1.165) is 24.1 Å². The summed E-state index contributed by atoms with van der Waals surface area (Å²) in [7, 11) is 0. The molecule has 0 aliphatic heterocycles. The first-order valence-electron chi connectivity index (χ1n) is 8.24. The highest BCUT2D eigenvalue weighted by Crippen LogP contribution is 2.07. The van der Waals surface area contributed by atoms with Gasteiger partial charge < -0.3 is 5.32 Å². The molecule has 0 aliphatic rings. The molecule has 0 bridgehead atoms. The normalized spacial score (nSPS) is 11.3. The van der Waals surface area contributed by atoms with Gasteiger partial charge in [0.1, 0.15) is 0 Å². The minimum Gasteiger partial charge on any atom is -0.316 e. The van der Waals surface area contributed by atoms with E-state index in [1.54, 1.807) is 0 Å². The van der Waals surface area contributed by atoms with Crippen LogP contribution in [0, 0.1) is 0 Å². The fourth-order valence-corrected chi connectivity index (χ4v) is 2.13. The number of hydrogen-bond acceptors (Lipinski definition) is 3. The molecule has 1 aromatic carbocycles. The molecule has 0 spiro atoms. The van der Waals surface area contributed by atoms with Crippen molar-refractivity contribution in [1.29, 1.82) is 0 Å². The molecule has 22 heavy (non-hydrogen) atoms. The van der Waals surface area contributed by atoms with Crippen LogP contribution in [0.1, 0.15) is 64.4 Å². The summed E-state index contributed by atoms with van der Waals surface area (Å²) in [5.74, 6) is 0. The van der Waals surface area contributed by atoms with E-state index in [1.165, 1.54) is 32.1 Å². The highest BCUT2D eigenvalue weighted by molar-refractivity contribution is 5.82. The van der Waals surface area contributed by atoms with E-state index < -0.39 is 6.09 Å². The van der Waals surface area contributed by atoms with Crippen molar-refractivity contribution >= 4 is 11.8 Å². The number of oxime groups is 1. The Kier molecular flexibility index (Phi) is 9.75. The Labute approximate surface area is 133 Å². The molecule has 1 aromatic rings. The second kappa shape index (κ2) is 11.8. The van der Waals surface area contributed by atoms with Gasteiger partial charge in [-0.25, -0.2) is 4.79 Å². The maximum absolute atomic E-state index is 11.5. The van der Waals surface area contributed by atoms with Crippen molar-refractivity contribution in [3.8, 4) is 0 Å². The van der Waals surface area contributed by atoms with Crippen molar-refractivity contribution in [2.24, 2.45) is 5.16 Å². The number of benzene rings is 1. The molecular weight excluding hydrogens is 276 g/mol. The standard InChI is InChI=1S/C18H28N2O2/c1-3-4-5-6-7-9-12-16(2)20-22-18(21)19-15-17-13-10-8-11-14-17/h8,10-11,13-14H,3-7,9,12,15H2,1-2H3,(H,19,21)/b20-16+. The maximum Gasteiger partial charge on any atom is 0.433 e. The van der Waals surface area contributed by atoms with Crippen LogP contribution in [0.5, 0.6) is 0 Å². The smallest absolute Gasteiger partial charge is 0.316 e. The fraction of sp³-hybridized carbons (Fsp3) is 0.556. The van der Waals surface area contributed by atoms with Crippen LogP contribution in [0.2, 0.25) is 0 Å². The number of rotatable bonds is 10. The summed E-state index contributed by atoms with van der Waals surface area (Å²) in [6.07, 6.45) is 7.87. The molecule has 1 N–H and O–H groups in total. The SMILES string of the molecule is CCCCCCCC/C(C)=N/OC(=O)NCc1ccccc1. The molecule has 0 heterocycles. The molecule has 0 radical (unpaired) electrons. The Morgan fingerprint density at radius 2 is 1.77 bits per heavy atom. The number of amides is 1. The third-order valence-electron chi connectivity index (χ3n) is 3.46. The maximum atomic E-state index is 11.5. The van der Waals surface area contributed by atoms with Crippen LogP contribution >= 0.6 is 0 Å². The van der Waals surface area contributed by atoms with Crippen molar-refractivity contribution in [3.63, 3.8) is 0 Å². The lowest BCUT2D eigenvalue weighted by molar-refractivity contribution is 0.149. The number of nitrogens with one attached hydrogen (secondary N) is 1. The van der Waals surface area contributed by atoms with Gasteiger partial charge in [-0.1, -0.05) is 74.5 Å². The predicted molar refractivity (Wildman–Crippen MR) is 90.9 cm³/mol. The molecule has 4 nitrogen and oxygen atoms in total. The molecule has 0 unspecified atom stereocenters. The van der Waals surface area contributed by atoms with E-state index in [4.69, 9.17) is 4.84 Å². The third-order valence-corrected chi connectivity index (χ3v) is 3.46. The Hall–Kier alpha value is -1.84. The molecule has 0 saturated carbocycles. The molecule has 0 saturated heterocycles. The van der Waals surface area contributed by atoms with Gasteiger partial charge in [-0.3, -0.25) is 4.84 Å². The van der Waals surface area contributed by atoms with Crippen LogP contribution in [0.15, 0.2) is 35.5 Å². The van der Waals surface area contributed by atoms with Gasteiger partial charge in [-0.05, 0) is 25.3 Å². The van der Waals surface area contributed by atoms with E-state index in [-0.39, 0.29) is 0 Å². The molecule has 0 fully saturated rings. The lowest BCUT2D eigenvalue weighted by atomic mass is 10.1. The summed E-state index contributed by atoms with van der Waals surface area (Å²) in [6.45, 7) is 4.57. The second-order valence-electron chi connectivity index (χ2n) is 5.56. The molecule has 0 aromatic heterocycles. The van der Waals surface area contributed by atoms with Gasteiger partial charge in [0.05, 0.1) is 5.71 Å². The summed E-state index contributed by atoms with van der Waals surface area (Å²) < 4.78 is 0. The van der Waals surface area contributed by atoms with Crippen molar-refractivity contribution in [2.75, 3.05) is 0 Å². The third kappa shape index (κ3) is 9.16. The summed E-state index contributed by atoms with van der Waals surface area (Å²) in [5, 5.41) is 6.55. The zero-order valence-electron chi connectivity index (χ0n) is 13.8. The van der Waals surface area contributed by atoms with Crippen molar-refractivity contribution in [2.45, 2.75) is 65.3 Å². The number of nitrogens with zero attached hydrogens (tertiary/aromatic N) is 1. The van der Waals surface area contributed by atoms with E-state index in [9.17, 15) is 4.79 Å². The second-order valence-corrected chi connectivity index (χ2v) is 5.56. The van der Waals surface area contributed by atoms with Crippen molar-refractivity contribution in [3.05, 3.63) is 35.9 Å². The lowest BCUT2D eigenvalue weighted by Gasteiger charge is -2.04. The summed E-state index contributed by atoms with van der Waals surface area (Å²) >= 11 is 0. The van der Waals surface area contributed by atoms with Gasteiger partial charge in [0.2, 0.25) is 0 Å². The first-order chi connectivity index (χ1) is 10.7. The molecular formula is C18H28N2O2. The largest absolute Gasteiger partial charge is 0.433 e. The predicted octanol–water partition coefficient (Wildman–Crippen LogP) is 5.04. The van der Waals surface area contributed by atoms with Crippen LogP contribution in [0.25, 0.3) is 0 Å². The highest BCUT2D eigenvalue weighted by atomic mass is 16.7. The fourth-order valence-electron chi connectivity index (χ4n) is 2.13. The average Bonchev–Trinajstić information content (AvgIpc) is 2.55. The van der Waals surface area contributed by atoms with Crippen molar-refractivity contribution in [1.82, 2.24) is 5.32 Å². The zero-order valence-corrected chi connectivity index (χ0v) is 13.8. The Bertz CT molecular complexity index is 444. The summed E-state index contributed by atoms with van der Waals surface area (Å²) in [6, 6.07) is 9.72.